The van der Waals surface area contributed by atoms with Gasteiger partial charge >= 0.3 is 0 Å². The number of ether oxygens (including phenoxy) is 2. The van der Waals surface area contributed by atoms with Crippen LogP contribution < -0.4 is 14.8 Å². The lowest BCUT2D eigenvalue weighted by Gasteiger charge is -2.12. The molecule has 0 saturated heterocycles. The van der Waals surface area contributed by atoms with Crippen molar-refractivity contribution < 1.29 is 14.3 Å². The first-order chi connectivity index (χ1) is 16.6. The molecule has 0 aliphatic heterocycles. The number of amides is 1. The Morgan fingerprint density at radius 3 is 2.69 bits per heavy atom. The number of anilines is 1. The fourth-order valence-corrected chi connectivity index (χ4v) is 3.57. The minimum atomic E-state index is -0.517. The average molecular weight is 506 g/mol. The Morgan fingerprint density at radius 1 is 1.09 bits per heavy atom. The van der Waals surface area contributed by atoms with Gasteiger partial charge in [-0.1, -0.05) is 41.9 Å². The van der Waals surface area contributed by atoms with E-state index in [0.29, 0.717) is 27.8 Å². The molecule has 0 bridgehead atoms. The van der Waals surface area contributed by atoms with E-state index in [9.17, 15) is 10.1 Å². The summed E-state index contributed by atoms with van der Waals surface area (Å²) in [5.41, 5.74) is 2.75. The Balaban J connectivity index is 0.00000342. The predicted octanol–water partition coefficient (Wildman–Crippen LogP) is 6.44. The van der Waals surface area contributed by atoms with Gasteiger partial charge in [0, 0.05) is 22.2 Å². The van der Waals surface area contributed by atoms with Crippen LogP contribution in [0.4, 0.5) is 5.69 Å². The fraction of sp³-hybridized carbons (Fsp3) is 0.0741. The third-order valence-electron chi connectivity index (χ3n) is 5.10. The van der Waals surface area contributed by atoms with E-state index in [1.54, 1.807) is 48.7 Å². The van der Waals surface area contributed by atoms with Crippen LogP contribution in [-0.4, -0.2) is 18.0 Å². The summed E-state index contributed by atoms with van der Waals surface area (Å²) < 4.78 is 11.3. The van der Waals surface area contributed by atoms with Crippen LogP contribution >= 0.6 is 24.0 Å². The number of rotatable bonds is 7. The van der Waals surface area contributed by atoms with Gasteiger partial charge < -0.3 is 14.8 Å². The fourth-order valence-electron chi connectivity index (χ4n) is 3.38. The average Bonchev–Trinajstić information content (AvgIpc) is 2.87. The minimum Gasteiger partial charge on any atom is -0.493 e. The first-order valence-electron chi connectivity index (χ1n) is 10.4. The highest BCUT2D eigenvalue weighted by Gasteiger charge is 2.13. The zero-order chi connectivity index (χ0) is 23.9. The van der Waals surface area contributed by atoms with E-state index < -0.39 is 5.91 Å². The van der Waals surface area contributed by atoms with E-state index in [4.69, 9.17) is 21.1 Å². The van der Waals surface area contributed by atoms with E-state index >= 15 is 0 Å². The van der Waals surface area contributed by atoms with Crippen LogP contribution in [0.5, 0.6) is 11.5 Å². The van der Waals surface area contributed by atoms with Crippen molar-refractivity contribution in [1.29, 1.82) is 5.26 Å². The summed E-state index contributed by atoms with van der Waals surface area (Å²) in [6.45, 7) is 0.275. The van der Waals surface area contributed by atoms with E-state index in [1.165, 1.54) is 13.2 Å². The number of methoxy groups -OCH3 is 1. The number of nitrogens with zero attached hydrogens (tertiary/aromatic N) is 2. The van der Waals surface area contributed by atoms with Crippen LogP contribution in [-0.2, 0) is 11.4 Å². The Hall–Kier alpha value is -4.05. The highest BCUT2D eigenvalue weighted by Crippen LogP contribution is 2.30. The summed E-state index contributed by atoms with van der Waals surface area (Å²) in [6, 6.07) is 23.7. The predicted molar refractivity (Wildman–Crippen MR) is 140 cm³/mol. The largest absolute Gasteiger partial charge is 0.493 e. The summed E-state index contributed by atoms with van der Waals surface area (Å²) in [5, 5.41) is 13.8. The van der Waals surface area contributed by atoms with Crippen LogP contribution in [0.2, 0.25) is 5.02 Å². The van der Waals surface area contributed by atoms with Crippen molar-refractivity contribution in [3.8, 4) is 17.6 Å². The Labute approximate surface area is 214 Å². The number of benzene rings is 3. The van der Waals surface area contributed by atoms with Crippen LogP contribution in [0.15, 0.2) is 84.6 Å². The molecule has 8 heteroatoms. The standard InChI is InChI=1S/C27H20ClN3O3.ClH/c1-33-26-15-18(11-12-25(26)34-17-19-6-2-3-8-22(19)28)14-20(16-29)27(32)31-24-10-4-9-23-21(24)7-5-13-30-23;/h2-15H,17H2,1H3,(H,31,32);1H. The molecule has 0 unspecified atom stereocenters. The molecule has 0 fully saturated rings. The molecule has 1 N–H and O–H groups in total. The molecule has 176 valence electrons. The van der Waals surface area contributed by atoms with Gasteiger partial charge in [-0.3, -0.25) is 9.78 Å². The van der Waals surface area contributed by atoms with Crippen molar-refractivity contribution in [3.05, 3.63) is 101 Å². The molecular weight excluding hydrogens is 485 g/mol. The molecule has 0 radical (unpaired) electrons. The van der Waals surface area contributed by atoms with Gasteiger partial charge in [-0.15, -0.1) is 12.4 Å². The van der Waals surface area contributed by atoms with Gasteiger partial charge in [-0.2, -0.15) is 5.26 Å². The Kier molecular flexibility index (Phi) is 8.69. The van der Waals surface area contributed by atoms with E-state index in [1.807, 2.05) is 36.4 Å². The molecule has 0 aliphatic carbocycles. The number of fused-ring (bicyclic) bond motifs is 1. The first kappa shape index (κ1) is 25.6. The molecule has 0 aliphatic rings. The van der Waals surface area contributed by atoms with Gasteiger partial charge in [0.15, 0.2) is 11.5 Å². The quantitative estimate of drug-likeness (QED) is 0.230. The molecule has 1 aromatic heterocycles. The second kappa shape index (κ2) is 11.9. The monoisotopic (exact) mass is 505 g/mol. The zero-order valence-corrected chi connectivity index (χ0v) is 20.3. The molecule has 1 amide bonds. The molecule has 3 aromatic carbocycles. The molecule has 0 atom stereocenters. The molecule has 0 spiro atoms. The van der Waals surface area contributed by atoms with Crippen molar-refractivity contribution in [3.63, 3.8) is 0 Å². The van der Waals surface area contributed by atoms with E-state index in [0.717, 1.165) is 16.5 Å². The SMILES string of the molecule is COc1cc(C=C(C#N)C(=O)Nc2cccc3ncccc23)ccc1OCc1ccccc1Cl.Cl. The number of carbonyl (C=O) groups excluding carboxylic acids is 1. The van der Waals surface area contributed by atoms with Gasteiger partial charge in [0.1, 0.15) is 18.2 Å². The third-order valence-corrected chi connectivity index (χ3v) is 5.47. The van der Waals surface area contributed by atoms with Crippen LogP contribution in [0.25, 0.3) is 17.0 Å². The van der Waals surface area contributed by atoms with Crippen molar-refractivity contribution in [2.45, 2.75) is 6.61 Å². The number of carbonyl (C=O) groups is 1. The highest BCUT2D eigenvalue weighted by atomic mass is 35.5. The molecule has 6 nitrogen and oxygen atoms in total. The second-order valence-electron chi connectivity index (χ2n) is 7.29. The number of hydrogen-bond acceptors (Lipinski definition) is 5. The normalized spacial score (nSPS) is 10.7. The lowest BCUT2D eigenvalue weighted by Crippen LogP contribution is -2.13. The van der Waals surface area contributed by atoms with Crippen molar-refractivity contribution in [2.24, 2.45) is 0 Å². The lowest BCUT2D eigenvalue weighted by atomic mass is 10.1. The third kappa shape index (κ3) is 6.10. The van der Waals surface area contributed by atoms with Crippen molar-refractivity contribution in [2.75, 3.05) is 12.4 Å². The molecule has 0 saturated carbocycles. The first-order valence-corrected chi connectivity index (χ1v) is 10.8. The summed E-state index contributed by atoms with van der Waals surface area (Å²) in [7, 11) is 1.53. The summed E-state index contributed by atoms with van der Waals surface area (Å²) >= 11 is 6.19. The number of nitrogens with one attached hydrogen (secondary N) is 1. The van der Waals surface area contributed by atoms with Crippen molar-refractivity contribution >= 4 is 52.6 Å². The minimum absolute atomic E-state index is 0. The van der Waals surface area contributed by atoms with Crippen LogP contribution in [0.3, 0.4) is 0 Å². The molecule has 1 heterocycles. The van der Waals surface area contributed by atoms with Gasteiger partial charge in [0.05, 0.1) is 18.3 Å². The maximum Gasteiger partial charge on any atom is 0.266 e. The summed E-state index contributed by atoms with van der Waals surface area (Å²) in [5.74, 6) is 0.473. The van der Waals surface area contributed by atoms with Crippen molar-refractivity contribution in [1.82, 2.24) is 4.98 Å². The number of pyridine rings is 1. The van der Waals surface area contributed by atoms with E-state index in [-0.39, 0.29) is 24.6 Å². The number of halogens is 2. The molecule has 35 heavy (non-hydrogen) atoms. The highest BCUT2D eigenvalue weighted by molar-refractivity contribution is 6.31. The maximum absolute atomic E-state index is 12.8. The Bertz CT molecular complexity index is 1430. The number of nitriles is 1. The van der Waals surface area contributed by atoms with Gasteiger partial charge in [-0.05, 0) is 54.1 Å². The molecule has 4 aromatic rings. The van der Waals surface area contributed by atoms with Gasteiger partial charge in [-0.25, -0.2) is 0 Å². The van der Waals surface area contributed by atoms with Crippen LogP contribution in [0.1, 0.15) is 11.1 Å². The topological polar surface area (TPSA) is 84.2 Å². The zero-order valence-electron chi connectivity index (χ0n) is 18.7. The summed E-state index contributed by atoms with van der Waals surface area (Å²) in [6.07, 6.45) is 3.18. The maximum atomic E-state index is 12.8. The summed E-state index contributed by atoms with van der Waals surface area (Å²) in [4.78, 5) is 17.1. The molecule has 4 rings (SSSR count). The van der Waals surface area contributed by atoms with E-state index in [2.05, 4.69) is 10.3 Å². The lowest BCUT2D eigenvalue weighted by molar-refractivity contribution is -0.112. The number of aromatic nitrogens is 1. The van der Waals surface area contributed by atoms with Crippen LogP contribution in [0, 0.1) is 11.3 Å². The smallest absolute Gasteiger partial charge is 0.266 e. The Morgan fingerprint density at radius 2 is 1.91 bits per heavy atom. The number of hydrogen-bond donors (Lipinski definition) is 1. The van der Waals surface area contributed by atoms with Gasteiger partial charge in [0.25, 0.3) is 5.91 Å². The second-order valence-corrected chi connectivity index (χ2v) is 7.70. The van der Waals surface area contributed by atoms with Gasteiger partial charge in [0.2, 0.25) is 0 Å². The molecular formula is C27H21Cl2N3O3.